The van der Waals surface area contributed by atoms with Gasteiger partial charge in [0.2, 0.25) is 0 Å². The lowest BCUT2D eigenvalue weighted by Crippen LogP contribution is -2.29. The van der Waals surface area contributed by atoms with Crippen LogP contribution in [0.3, 0.4) is 0 Å². The summed E-state index contributed by atoms with van der Waals surface area (Å²) in [5.74, 6) is 0.455. The van der Waals surface area contributed by atoms with Crippen molar-refractivity contribution in [3.8, 4) is 0 Å². The molecule has 1 atom stereocenters. The van der Waals surface area contributed by atoms with Crippen molar-refractivity contribution in [2.75, 3.05) is 31.1 Å². The highest BCUT2D eigenvalue weighted by atomic mass is 16.6. The molecule has 6 rings (SSSR count). The highest BCUT2D eigenvalue weighted by Gasteiger charge is 2.55. The van der Waals surface area contributed by atoms with Gasteiger partial charge < -0.3 is 15.0 Å². The summed E-state index contributed by atoms with van der Waals surface area (Å²) in [5, 5.41) is 3.27. The fourth-order valence-corrected chi connectivity index (χ4v) is 5.29. The molecule has 2 saturated heterocycles. The number of aromatic nitrogens is 2. The molecule has 1 spiro atoms. The van der Waals surface area contributed by atoms with Crippen molar-refractivity contribution >= 4 is 17.6 Å². The molecule has 1 aliphatic carbocycles. The molecule has 154 valence electrons. The van der Waals surface area contributed by atoms with Crippen molar-refractivity contribution in [3.05, 3.63) is 53.0 Å². The van der Waals surface area contributed by atoms with Crippen LogP contribution < -0.4 is 10.2 Å². The van der Waals surface area contributed by atoms with E-state index < -0.39 is 17.0 Å². The second-order valence-electron chi connectivity index (χ2n) is 8.90. The highest BCUT2D eigenvalue weighted by molar-refractivity contribution is 6.12. The molecule has 1 N–H and O–H groups in total. The lowest BCUT2D eigenvalue weighted by atomic mass is 9.86. The number of pyridine rings is 2. The number of anilines is 1. The van der Waals surface area contributed by atoms with E-state index in [1.807, 2.05) is 24.4 Å². The van der Waals surface area contributed by atoms with Crippen molar-refractivity contribution < 1.29 is 14.3 Å². The van der Waals surface area contributed by atoms with Gasteiger partial charge in [0, 0.05) is 44.0 Å². The third kappa shape index (κ3) is 2.48. The molecule has 7 heteroatoms. The maximum atomic E-state index is 13.7. The van der Waals surface area contributed by atoms with E-state index in [-0.39, 0.29) is 11.5 Å². The van der Waals surface area contributed by atoms with Gasteiger partial charge in [0.25, 0.3) is 0 Å². The molecule has 3 aliphatic heterocycles. The van der Waals surface area contributed by atoms with Crippen LogP contribution in [0.5, 0.6) is 0 Å². The number of rotatable bonds is 4. The molecular formula is C23H24N4O3. The minimum Gasteiger partial charge on any atom is -0.449 e. The molecule has 0 radical (unpaired) electrons. The molecule has 0 amide bonds. The summed E-state index contributed by atoms with van der Waals surface area (Å²) in [6.07, 6.45) is 8.10. The van der Waals surface area contributed by atoms with Crippen molar-refractivity contribution in [1.29, 1.82) is 0 Å². The zero-order valence-corrected chi connectivity index (χ0v) is 16.8. The summed E-state index contributed by atoms with van der Waals surface area (Å²) in [4.78, 5) is 37.7. The predicted molar refractivity (Wildman–Crippen MR) is 110 cm³/mol. The van der Waals surface area contributed by atoms with Crippen LogP contribution in [0.1, 0.15) is 64.1 Å². The van der Waals surface area contributed by atoms with Crippen LogP contribution in [0.15, 0.2) is 30.6 Å². The predicted octanol–water partition coefficient (Wildman–Crippen LogP) is 2.35. The Balaban J connectivity index is 1.35. The number of carbonyl (C=O) groups excluding carboxylic acids is 2. The quantitative estimate of drug-likeness (QED) is 0.618. The summed E-state index contributed by atoms with van der Waals surface area (Å²) >= 11 is 0. The Morgan fingerprint density at radius 1 is 1.10 bits per heavy atom. The zero-order chi connectivity index (χ0) is 20.3. The van der Waals surface area contributed by atoms with Gasteiger partial charge in [-0.3, -0.25) is 9.78 Å². The third-order valence-electron chi connectivity index (χ3n) is 7.18. The number of fused-ring (bicyclic) bond motifs is 2. The van der Waals surface area contributed by atoms with E-state index in [0.29, 0.717) is 12.1 Å². The van der Waals surface area contributed by atoms with Gasteiger partial charge in [-0.1, -0.05) is 6.07 Å². The van der Waals surface area contributed by atoms with Gasteiger partial charge in [0.05, 0.1) is 11.0 Å². The van der Waals surface area contributed by atoms with Gasteiger partial charge >= 0.3 is 5.97 Å². The number of esters is 1. The van der Waals surface area contributed by atoms with E-state index in [0.717, 1.165) is 55.8 Å². The van der Waals surface area contributed by atoms with Crippen LogP contribution in [0.4, 0.5) is 5.82 Å². The van der Waals surface area contributed by atoms with Gasteiger partial charge in [0.1, 0.15) is 11.5 Å². The molecule has 5 heterocycles. The maximum absolute atomic E-state index is 13.7. The van der Waals surface area contributed by atoms with E-state index >= 15 is 0 Å². The Hall–Kier alpha value is -2.80. The lowest BCUT2D eigenvalue weighted by molar-refractivity contribution is 0.00158. The Bertz CT molecular complexity index is 1030. The average Bonchev–Trinajstić information content (AvgIpc) is 3.10. The Morgan fingerprint density at radius 3 is 2.60 bits per heavy atom. The van der Waals surface area contributed by atoms with Crippen molar-refractivity contribution in [3.63, 3.8) is 0 Å². The van der Waals surface area contributed by atoms with E-state index in [2.05, 4.69) is 20.2 Å². The number of ketones is 1. The van der Waals surface area contributed by atoms with Crippen LogP contribution >= 0.6 is 0 Å². The molecule has 1 unspecified atom stereocenters. The highest BCUT2D eigenvalue weighted by Crippen LogP contribution is 2.52. The Kier molecular flexibility index (Phi) is 3.81. The molecule has 3 fully saturated rings. The summed E-state index contributed by atoms with van der Waals surface area (Å²) in [6, 6.07) is 5.87. The molecule has 2 aromatic rings. The number of nitrogens with one attached hydrogen (secondary N) is 1. The summed E-state index contributed by atoms with van der Waals surface area (Å²) in [7, 11) is 0. The largest absolute Gasteiger partial charge is 0.449 e. The summed E-state index contributed by atoms with van der Waals surface area (Å²) in [6.45, 7) is 3.44. The first-order valence-corrected chi connectivity index (χ1v) is 10.8. The number of hydrogen-bond acceptors (Lipinski definition) is 7. The number of nitrogens with zero attached hydrogens (tertiary/aromatic N) is 3. The molecule has 0 bridgehead atoms. The average molecular weight is 404 g/mol. The van der Waals surface area contributed by atoms with Crippen molar-refractivity contribution in [2.24, 2.45) is 0 Å². The number of Topliss-reactive ketones (excluding diaryl/α,β-unsaturated/α-hetero) is 1. The molecule has 30 heavy (non-hydrogen) atoms. The molecule has 4 aliphatic rings. The maximum Gasteiger partial charge on any atom is 0.341 e. The van der Waals surface area contributed by atoms with Gasteiger partial charge in [-0.25, -0.2) is 9.78 Å². The topological polar surface area (TPSA) is 84.4 Å². The van der Waals surface area contributed by atoms with Crippen molar-refractivity contribution in [1.82, 2.24) is 15.3 Å². The Labute approximate surface area is 174 Å². The van der Waals surface area contributed by atoms with Gasteiger partial charge in [0.15, 0.2) is 11.4 Å². The smallest absolute Gasteiger partial charge is 0.341 e. The van der Waals surface area contributed by atoms with Crippen LogP contribution in [0.2, 0.25) is 0 Å². The van der Waals surface area contributed by atoms with Gasteiger partial charge in [-0.15, -0.1) is 0 Å². The first kappa shape index (κ1) is 18.0. The van der Waals surface area contributed by atoms with E-state index in [1.165, 1.54) is 12.8 Å². The van der Waals surface area contributed by atoms with Crippen LogP contribution in [-0.4, -0.2) is 47.9 Å². The second-order valence-corrected chi connectivity index (χ2v) is 8.90. The number of carbonyl (C=O) groups is 2. The normalized spacial score (nSPS) is 26.1. The van der Waals surface area contributed by atoms with E-state index in [9.17, 15) is 9.59 Å². The van der Waals surface area contributed by atoms with Gasteiger partial charge in [-0.2, -0.15) is 0 Å². The third-order valence-corrected chi connectivity index (χ3v) is 7.18. The molecule has 1 saturated carbocycles. The molecule has 2 aromatic heterocycles. The van der Waals surface area contributed by atoms with Crippen molar-refractivity contribution in [2.45, 2.75) is 43.1 Å². The van der Waals surface area contributed by atoms with E-state index in [4.69, 9.17) is 4.74 Å². The second kappa shape index (κ2) is 6.35. The standard InChI is InChI=1S/C23H24N4O3/c28-20(19-18-16(5-9-25-19)23(30-21(18)29)8-10-24-14-23)22(6-7-22)15-3-4-17(26-13-15)27-11-1-2-12-27/h3-5,9,13,24H,1-2,6-8,10-12,14H2. The van der Waals surface area contributed by atoms with Crippen LogP contribution in [-0.2, 0) is 15.8 Å². The molecule has 7 nitrogen and oxygen atoms in total. The number of hydrogen-bond donors (Lipinski definition) is 1. The fourth-order valence-electron chi connectivity index (χ4n) is 5.29. The number of ether oxygens (including phenoxy) is 1. The first-order valence-electron chi connectivity index (χ1n) is 10.8. The minimum atomic E-state index is -0.653. The first-order chi connectivity index (χ1) is 14.6. The summed E-state index contributed by atoms with van der Waals surface area (Å²) in [5.41, 5.74) is 1.05. The molecular weight excluding hydrogens is 380 g/mol. The van der Waals surface area contributed by atoms with Crippen LogP contribution in [0.25, 0.3) is 0 Å². The zero-order valence-electron chi connectivity index (χ0n) is 16.8. The Morgan fingerprint density at radius 2 is 1.93 bits per heavy atom. The fraction of sp³-hybridized carbons (Fsp3) is 0.478. The SMILES string of the molecule is O=C1OC2(CCNC2)c2ccnc(C(=O)C3(c4ccc(N5CCCC5)nc4)CC3)c21. The van der Waals surface area contributed by atoms with E-state index in [1.54, 1.807) is 6.20 Å². The monoisotopic (exact) mass is 404 g/mol. The summed E-state index contributed by atoms with van der Waals surface area (Å²) < 4.78 is 5.77. The van der Waals surface area contributed by atoms with Crippen LogP contribution in [0, 0.1) is 0 Å². The van der Waals surface area contributed by atoms with Gasteiger partial charge in [-0.05, 0) is 49.9 Å². The molecule has 0 aromatic carbocycles. The lowest BCUT2D eigenvalue weighted by Gasteiger charge is -2.21. The minimum absolute atomic E-state index is 0.0879.